The van der Waals surface area contributed by atoms with Gasteiger partial charge in [-0.1, -0.05) is 12.1 Å². The molecule has 0 aromatic heterocycles. The van der Waals surface area contributed by atoms with Crippen molar-refractivity contribution >= 4 is 23.1 Å². The fourth-order valence-electron chi connectivity index (χ4n) is 3.83. The fourth-order valence-corrected chi connectivity index (χ4v) is 3.83. The smallest absolute Gasteiger partial charge is 0.262 e. The van der Waals surface area contributed by atoms with Gasteiger partial charge in [0.2, 0.25) is 0 Å². The van der Waals surface area contributed by atoms with Crippen molar-refractivity contribution in [2.75, 3.05) is 16.8 Å². The molecule has 1 amide bonds. The fraction of sp³-hybridized carbons (Fsp3) is 0.333. The van der Waals surface area contributed by atoms with Crippen LogP contribution >= 0.6 is 0 Å². The summed E-state index contributed by atoms with van der Waals surface area (Å²) in [5.41, 5.74) is 6.20. The molecular formula is C21H21FN4O2. The standard InChI is InChI=1S/C21H21FN4O2/c1-12-21(27)25-24-20-11-28-19-9-16(13-5-7-14(22)8-6-13)17(10-18(19)26(12)20)23-15-3-2-4-15/h5-10,12,15,23H,2-4,11H2,1H3,(H,25,27). The highest BCUT2D eigenvalue weighted by Gasteiger charge is 2.36. The van der Waals surface area contributed by atoms with Gasteiger partial charge in [-0.3, -0.25) is 4.79 Å². The number of benzene rings is 2. The minimum atomic E-state index is -0.372. The lowest BCUT2D eigenvalue weighted by Crippen LogP contribution is -2.55. The van der Waals surface area contributed by atoms with Gasteiger partial charge in [0.15, 0.2) is 5.84 Å². The Morgan fingerprint density at radius 3 is 2.75 bits per heavy atom. The number of ether oxygens (including phenoxy) is 1. The molecule has 1 atom stereocenters. The van der Waals surface area contributed by atoms with E-state index in [1.54, 1.807) is 12.1 Å². The molecule has 7 heteroatoms. The van der Waals surface area contributed by atoms with Crippen LogP contribution in [0.3, 0.4) is 0 Å². The number of fused-ring (bicyclic) bond motifs is 3. The van der Waals surface area contributed by atoms with Crippen molar-refractivity contribution in [2.45, 2.75) is 38.3 Å². The molecule has 1 aliphatic carbocycles. The Labute approximate surface area is 162 Å². The number of halogens is 1. The first-order valence-electron chi connectivity index (χ1n) is 9.59. The third kappa shape index (κ3) is 2.78. The Balaban J connectivity index is 1.63. The van der Waals surface area contributed by atoms with E-state index in [2.05, 4.69) is 15.8 Å². The topological polar surface area (TPSA) is 66.0 Å². The Hall–Kier alpha value is -3.09. The predicted octanol–water partition coefficient (Wildman–Crippen LogP) is 3.49. The molecule has 1 fully saturated rings. The predicted molar refractivity (Wildman–Crippen MR) is 106 cm³/mol. The highest BCUT2D eigenvalue weighted by atomic mass is 19.1. The minimum Gasteiger partial charge on any atom is -0.483 e. The van der Waals surface area contributed by atoms with Gasteiger partial charge < -0.3 is 15.0 Å². The zero-order chi connectivity index (χ0) is 19.3. The molecule has 28 heavy (non-hydrogen) atoms. The number of hydrogen-bond acceptors (Lipinski definition) is 5. The molecule has 2 aliphatic heterocycles. The van der Waals surface area contributed by atoms with Crippen LogP contribution in [0.2, 0.25) is 0 Å². The molecule has 0 saturated heterocycles. The number of hydrogen-bond donors (Lipinski definition) is 2. The van der Waals surface area contributed by atoms with E-state index in [1.807, 2.05) is 24.0 Å². The van der Waals surface area contributed by atoms with Crippen molar-refractivity contribution in [3.63, 3.8) is 0 Å². The van der Waals surface area contributed by atoms with Gasteiger partial charge >= 0.3 is 0 Å². The normalized spacial score (nSPS) is 20.9. The van der Waals surface area contributed by atoms with Crippen LogP contribution < -0.4 is 20.4 Å². The quantitative estimate of drug-likeness (QED) is 0.856. The third-order valence-electron chi connectivity index (χ3n) is 5.68. The van der Waals surface area contributed by atoms with E-state index in [9.17, 15) is 9.18 Å². The molecule has 0 spiro atoms. The first-order chi connectivity index (χ1) is 13.6. The van der Waals surface area contributed by atoms with Gasteiger partial charge in [0.25, 0.3) is 5.91 Å². The maximum Gasteiger partial charge on any atom is 0.262 e. The monoisotopic (exact) mass is 380 g/mol. The zero-order valence-electron chi connectivity index (χ0n) is 15.5. The Morgan fingerprint density at radius 2 is 2.04 bits per heavy atom. The molecule has 2 aromatic rings. The molecule has 6 nitrogen and oxygen atoms in total. The summed E-state index contributed by atoms with van der Waals surface area (Å²) in [6, 6.07) is 10.5. The van der Waals surface area contributed by atoms with Gasteiger partial charge in [0, 0.05) is 17.3 Å². The lowest BCUT2D eigenvalue weighted by Gasteiger charge is -2.39. The summed E-state index contributed by atoms with van der Waals surface area (Å²) >= 11 is 0. The summed E-state index contributed by atoms with van der Waals surface area (Å²) in [6.45, 7) is 2.14. The minimum absolute atomic E-state index is 0.146. The van der Waals surface area contributed by atoms with Gasteiger partial charge in [-0.15, -0.1) is 0 Å². The SMILES string of the molecule is CC1C(=O)NN=C2COc3cc(-c4ccc(F)cc4)c(NC4CCC4)cc3N21. The highest BCUT2D eigenvalue weighted by Crippen LogP contribution is 2.43. The van der Waals surface area contributed by atoms with Crippen LogP contribution in [0.15, 0.2) is 41.5 Å². The molecule has 0 radical (unpaired) electrons. The number of amidine groups is 1. The van der Waals surface area contributed by atoms with Crippen LogP contribution in [0.4, 0.5) is 15.8 Å². The van der Waals surface area contributed by atoms with Crippen molar-refractivity contribution in [1.82, 2.24) is 5.43 Å². The van der Waals surface area contributed by atoms with Crippen LogP contribution in [-0.4, -0.2) is 30.4 Å². The number of nitrogens with one attached hydrogen (secondary N) is 2. The summed E-state index contributed by atoms with van der Waals surface area (Å²) in [7, 11) is 0. The van der Waals surface area contributed by atoms with Gasteiger partial charge in [0.1, 0.15) is 24.2 Å². The van der Waals surface area contributed by atoms with Crippen LogP contribution in [0.5, 0.6) is 5.75 Å². The van der Waals surface area contributed by atoms with Crippen LogP contribution in [0, 0.1) is 5.82 Å². The summed E-state index contributed by atoms with van der Waals surface area (Å²) in [5, 5.41) is 7.76. The van der Waals surface area contributed by atoms with Crippen molar-refractivity contribution in [3.05, 3.63) is 42.2 Å². The van der Waals surface area contributed by atoms with Crippen LogP contribution in [-0.2, 0) is 4.79 Å². The Kier molecular flexibility index (Phi) is 3.96. The zero-order valence-corrected chi connectivity index (χ0v) is 15.5. The number of carbonyl (C=O) groups is 1. The Morgan fingerprint density at radius 1 is 1.25 bits per heavy atom. The lowest BCUT2D eigenvalue weighted by molar-refractivity contribution is -0.122. The van der Waals surface area contributed by atoms with Gasteiger partial charge in [-0.2, -0.15) is 5.10 Å². The average molecular weight is 380 g/mol. The first-order valence-corrected chi connectivity index (χ1v) is 9.59. The summed E-state index contributed by atoms with van der Waals surface area (Å²) < 4.78 is 19.4. The van der Waals surface area contributed by atoms with Crippen molar-refractivity contribution in [3.8, 4) is 16.9 Å². The summed E-state index contributed by atoms with van der Waals surface area (Å²) in [5.74, 6) is 0.968. The van der Waals surface area contributed by atoms with Crippen molar-refractivity contribution < 1.29 is 13.9 Å². The second-order valence-corrected chi connectivity index (χ2v) is 7.48. The maximum absolute atomic E-state index is 13.4. The number of rotatable bonds is 3. The highest BCUT2D eigenvalue weighted by molar-refractivity contribution is 6.10. The van der Waals surface area contributed by atoms with E-state index >= 15 is 0 Å². The molecule has 2 N–H and O–H groups in total. The maximum atomic E-state index is 13.4. The van der Waals surface area contributed by atoms with Crippen LogP contribution in [0.1, 0.15) is 26.2 Å². The average Bonchev–Trinajstić information content (AvgIpc) is 2.67. The van der Waals surface area contributed by atoms with E-state index in [0.29, 0.717) is 17.6 Å². The summed E-state index contributed by atoms with van der Waals surface area (Å²) in [4.78, 5) is 14.1. The molecule has 3 aliphatic rings. The second-order valence-electron chi connectivity index (χ2n) is 7.48. The van der Waals surface area contributed by atoms with Crippen molar-refractivity contribution in [1.29, 1.82) is 0 Å². The molecule has 2 heterocycles. The second kappa shape index (κ2) is 6.51. The molecule has 5 rings (SSSR count). The molecular weight excluding hydrogens is 359 g/mol. The molecule has 2 aromatic carbocycles. The van der Waals surface area contributed by atoms with Gasteiger partial charge in [0.05, 0.1) is 5.69 Å². The first kappa shape index (κ1) is 17.0. The van der Waals surface area contributed by atoms with E-state index in [-0.39, 0.29) is 24.4 Å². The van der Waals surface area contributed by atoms with Gasteiger partial charge in [-0.05, 0) is 56.0 Å². The number of anilines is 2. The van der Waals surface area contributed by atoms with Crippen molar-refractivity contribution in [2.24, 2.45) is 5.10 Å². The van der Waals surface area contributed by atoms with E-state index in [1.165, 1.54) is 18.6 Å². The van der Waals surface area contributed by atoms with Crippen LogP contribution in [0.25, 0.3) is 11.1 Å². The number of nitrogens with zero attached hydrogens (tertiary/aromatic N) is 2. The Bertz CT molecular complexity index is 969. The summed E-state index contributed by atoms with van der Waals surface area (Å²) in [6.07, 6.45) is 3.48. The van der Waals surface area contributed by atoms with E-state index in [0.717, 1.165) is 35.3 Å². The van der Waals surface area contributed by atoms with E-state index in [4.69, 9.17) is 4.74 Å². The number of carbonyl (C=O) groups excluding carboxylic acids is 1. The number of hydrazone groups is 1. The molecule has 1 saturated carbocycles. The molecule has 0 bridgehead atoms. The molecule has 1 unspecified atom stereocenters. The lowest BCUT2D eigenvalue weighted by atomic mass is 9.92. The molecule has 144 valence electrons. The number of amides is 1. The largest absolute Gasteiger partial charge is 0.483 e. The third-order valence-corrected chi connectivity index (χ3v) is 5.68. The van der Waals surface area contributed by atoms with Gasteiger partial charge in [-0.25, -0.2) is 9.82 Å². The van der Waals surface area contributed by atoms with E-state index < -0.39 is 0 Å².